The third kappa shape index (κ3) is 3.70. The molecular formula is C19H20N2O3S2. The summed E-state index contributed by atoms with van der Waals surface area (Å²) in [5, 5.41) is 11.1. The van der Waals surface area contributed by atoms with E-state index in [1.54, 1.807) is 29.8 Å². The Bertz CT molecular complexity index is 877. The van der Waals surface area contributed by atoms with E-state index >= 15 is 0 Å². The maximum absolute atomic E-state index is 5.53. The third-order valence-corrected chi connectivity index (χ3v) is 6.08. The van der Waals surface area contributed by atoms with Crippen molar-refractivity contribution in [2.24, 2.45) is 0 Å². The zero-order chi connectivity index (χ0) is 17.9. The van der Waals surface area contributed by atoms with Crippen LogP contribution in [-0.4, -0.2) is 18.9 Å². The van der Waals surface area contributed by atoms with Gasteiger partial charge in [0.2, 0.25) is 6.79 Å². The molecule has 4 rings (SSSR count). The number of hydrogen-bond donors (Lipinski definition) is 1. The molecule has 0 saturated heterocycles. The van der Waals surface area contributed by atoms with Crippen LogP contribution < -0.4 is 19.5 Å². The number of thiazole rings is 1. The second-order valence-electron chi connectivity index (χ2n) is 6.11. The Morgan fingerprint density at radius 1 is 1.27 bits per heavy atom. The second-order valence-corrected chi connectivity index (χ2v) is 7.78. The van der Waals surface area contributed by atoms with Gasteiger partial charge in [0.05, 0.1) is 13.2 Å². The molecular weight excluding hydrogens is 368 g/mol. The number of hydrogen-bond acceptors (Lipinski definition) is 7. The van der Waals surface area contributed by atoms with Crippen LogP contribution >= 0.6 is 22.7 Å². The SMILES string of the molecule is COc1cc2c(cc1CN[C@@H](Cc1ccsc1)c1nc(C)cs1)OCO2. The maximum atomic E-state index is 5.53. The lowest BCUT2D eigenvalue weighted by Gasteiger charge is -2.18. The van der Waals surface area contributed by atoms with Crippen LogP contribution in [0.5, 0.6) is 17.2 Å². The van der Waals surface area contributed by atoms with E-state index in [0.29, 0.717) is 6.54 Å². The van der Waals surface area contributed by atoms with Crippen molar-refractivity contribution in [2.45, 2.75) is 25.9 Å². The van der Waals surface area contributed by atoms with E-state index in [0.717, 1.165) is 39.9 Å². The first-order valence-electron chi connectivity index (χ1n) is 8.36. The van der Waals surface area contributed by atoms with E-state index in [4.69, 9.17) is 14.2 Å². The van der Waals surface area contributed by atoms with Gasteiger partial charge in [-0.3, -0.25) is 0 Å². The molecule has 1 atom stereocenters. The monoisotopic (exact) mass is 388 g/mol. The lowest BCUT2D eigenvalue weighted by Crippen LogP contribution is -2.23. The summed E-state index contributed by atoms with van der Waals surface area (Å²) in [5.74, 6) is 2.30. The zero-order valence-corrected chi connectivity index (χ0v) is 16.3. The van der Waals surface area contributed by atoms with Crippen molar-refractivity contribution in [3.63, 3.8) is 0 Å². The van der Waals surface area contributed by atoms with Crippen LogP contribution in [-0.2, 0) is 13.0 Å². The van der Waals surface area contributed by atoms with Gasteiger partial charge in [-0.15, -0.1) is 11.3 Å². The molecule has 3 heterocycles. The molecule has 3 aromatic rings. The summed E-state index contributed by atoms with van der Waals surface area (Å²) in [6.45, 7) is 2.95. The number of benzene rings is 1. The molecule has 0 unspecified atom stereocenters. The summed E-state index contributed by atoms with van der Waals surface area (Å²) in [6.07, 6.45) is 0.906. The molecule has 136 valence electrons. The van der Waals surface area contributed by atoms with Crippen molar-refractivity contribution >= 4 is 22.7 Å². The quantitative estimate of drug-likeness (QED) is 0.653. The number of nitrogens with zero attached hydrogens (tertiary/aromatic N) is 1. The highest BCUT2D eigenvalue weighted by Crippen LogP contribution is 2.38. The van der Waals surface area contributed by atoms with Crippen molar-refractivity contribution in [2.75, 3.05) is 13.9 Å². The van der Waals surface area contributed by atoms with E-state index < -0.39 is 0 Å². The van der Waals surface area contributed by atoms with Gasteiger partial charge < -0.3 is 19.5 Å². The van der Waals surface area contributed by atoms with Gasteiger partial charge in [0, 0.05) is 29.2 Å². The number of ether oxygens (including phenoxy) is 3. The Kier molecular flexibility index (Phi) is 5.10. The summed E-state index contributed by atoms with van der Waals surface area (Å²) in [6, 6.07) is 6.20. The van der Waals surface area contributed by atoms with Gasteiger partial charge in [-0.05, 0) is 41.8 Å². The standard InChI is InChI=1S/C19H20N2O3S2/c1-12-9-26-19(21-12)15(5-13-3-4-25-10-13)20-8-14-6-17-18(24-11-23-17)7-16(14)22-2/h3-4,6-7,9-10,15,20H,5,8,11H2,1-2H3/t15-/m0/s1. The van der Waals surface area contributed by atoms with Crippen LogP contribution in [0.25, 0.3) is 0 Å². The van der Waals surface area contributed by atoms with Crippen molar-refractivity contribution in [1.29, 1.82) is 0 Å². The lowest BCUT2D eigenvalue weighted by molar-refractivity contribution is 0.174. The minimum atomic E-state index is 0.151. The van der Waals surface area contributed by atoms with Gasteiger partial charge in [-0.25, -0.2) is 4.98 Å². The van der Waals surface area contributed by atoms with Crippen LogP contribution in [0.15, 0.2) is 34.3 Å². The highest BCUT2D eigenvalue weighted by atomic mass is 32.1. The van der Waals surface area contributed by atoms with E-state index in [2.05, 4.69) is 32.5 Å². The van der Waals surface area contributed by atoms with Gasteiger partial charge in [-0.1, -0.05) is 0 Å². The molecule has 2 aromatic heterocycles. The maximum Gasteiger partial charge on any atom is 0.231 e. The number of aryl methyl sites for hydroxylation is 1. The molecule has 1 aliphatic heterocycles. The molecule has 0 amide bonds. The molecule has 5 nitrogen and oxygen atoms in total. The molecule has 0 spiro atoms. The molecule has 7 heteroatoms. The summed E-state index contributed by atoms with van der Waals surface area (Å²) in [4.78, 5) is 4.69. The largest absolute Gasteiger partial charge is 0.496 e. The van der Waals surface area contributed by atoms with E-state index in [1.165, 1.54) is 5.56 Å². The number of fused-ring (bicyclic) bond motifs is 1. The summed E-state index contributed by atoms with van der Waals surface area (Å²) in [7, 11) is 1.67. The van der Waals surface area contributed by atoms with Crippen LogP contribution in [0.1, 0.15) is 27.9 Å². The number of rotatable bonds is 7. The molecule has 1 N–H and O–H groups in total. The molecule has 0 bridgehead atoms. The molecule has 26 heavy (non-hydrogen) atoms. The normalized spacial score (nSPS) is 13.8. The van der Waals surface area contributed by atoms with Crippen LogP contribution in [0.2, 0.25) is 0 Å². The minimum absolute atomic E-state index is 0.151. The highest BCUT2D eigenvalue weighted by molar-refractivity contribution is 7.09. The second kappa shape index (κ2) is 7.65. The van der Waals surface area contributed by atoms with E-state index in [-0.39, 0.29) is 12.8 Å². The van der Waals surface area contributed by atoms with E-state index in [1.807, 2.05) is 19.1 Å². The van der Waals surface area contributed by atoms with Gasteiger partial charge in [0.25, 0.3) is 0 Å². The first kappa shape index (κ1) is 17.3. The Balaban J connectivity index is 1.54. The van der Waals surface area contributed by atoms with Crippen LogP contribution in [0.3, 0.4) is 0 Å². The molecule has 0 saturated carbocycles. The molecule has 0 aliphatic carbocycles. The Labute approximate surface area is 160 Å². The number of methoxy groups -OCH3 is 1. The first-order chi connectivity index (χ1) is 12.7. The molecule has 1 aromatic carbocycles. The van der Waals surface area contributed by atoms with Crippen LogP contribution in [0.4, 0.5) is 0 Å². The average molecular weight is 389 g/mol. The van der Waals surface area contributed by atoms with Crippen molar-refractivity contribution in [1.82, 2.24) is 10.3 Å². The lowest BCUT2D eigenvalue weighted by atomic mass is 10.1. The summed E-state index contributed by atoms with van der Waals surface area (Å²) in [5.41, 5.74) is 3.42. The van der Waals surface area contributed by atoms with Crippen LogP contribution in [0, 0.1) is 6.92 Å². The smallest absolute Gasteiger partial charge is 0.231 e. The van der Waals surface area contributed by atoms with Crippen molar-refractivity contribution in [3.8, 4) is 17.2 Å². The third-order valence-electron chi connectivity index (χ3n) is 4.27. The average Bonchev–Trinajstić information content (AvgIpc) is 3.39. The number of aromatic nitrogens is 1. The van der Waals surface area contributed by atoms with Crippen molar-refractivity contribution < 1.29 is 14.2 Å². The summed E-state index contributed by atoms with van der Waals surface area (Å²) >= 11 is 3.42. The first-order valence-corrected chi connectivity index (χ1v) is 10.2. The van der Waals surface area contributed by atoms with Gasteiger partial charge in [-0.2, -0.15) is 11.3 Å². The predicted octanol–water partition coefficient (Wildman–Crippen LogP) is 4.32. The minimum Gasteiger partial charge on any atom is -0.496 e. The predicted molar refractivity (Wildman–Crippen MR) is 104 cm³/mol. The molecule has 0 fully saturated rings. The Morgan fingerprint density at radius 2 is 2.12 bits per heavy atom. The van der Waals surface area contributed by atoms with Gasteiger partial charge in [0.15, 0.2) is 11.5 Å². The molecule has 1 aliphatic rings. The Morgan fingerprint density at radius 3 is 2.81 bits per heavy atom. The van der Waals surface area contributed by atoms with Gasteiger partial charge >= 0.3 is 0 Å². The number of nitrogens with one attached hydrogen (secondary N) is 1. The van der Waals surface area contributed by atoms with E-state index in [9.17, 15) is 0 Å². The number of thiophene rings is 1. The summed E-state index contributed by atoms with van der Waals surface area (Å²) < 4.78 is 16.5. The van der Waals surface area contributed by atoms with Crippen molar-refractivity contribution in [3.05, 3.63) is 56.2 Å². The fourth-order valence-electron chi connectivity index (χ4n) is 2.95. The molecule has 0 radical (unpaired) electrons. The fourth-order valence-corrected chi connectivity index (χ4v) is 4.50. The fraction of sp³-hybridized carbons (Fsp3) is 0.316. The zero-order valence-electron chi connectivity index (χ0n) is 14.7. The topological polar surface area (TPSA) is 52.6 Å². The highest BCUT2D eigenvalue weighted by Gasteiger charge is 2.20. The Hall–Kier alpha value is -2.09. The van der Waals surface area contributed by atoms with Gasteiger partial charge in [0.1, 0.15) is 10.8 Å².